The van der Waals surface area contributed by atoms with E-state index in [-0.39, 0.29) is 11.7 Å². The van der Waals surface area contributed by atoms with Crippen molar-refractivity contribution < 1.29 is 19.1 Å². The number of carbonyl (C=O) groups excluding carboxylic acids is 2. The van der Waals surface area contributed by atoms with E-state index >= 15 is 0 Å². The Kier molecular flexibility index (Phi) is 7.55. The van der Waals surface area contributed by atoms with E-state index in [0.717, 1.165) is 11.1 Å². The lowest BCUT2D eigenvalue weighted by molar-refractivity contribution is 0.0827. The van der Waals surface area contributed by atoms with E-state index < -0.39 is 11.2 Å². The Bertz CT molecular complexity index is 1000. The number of amides is 1. The zero-order valence-electron chi connectivity index (χ0n) is 20.7. The van der Waals surface area contributed by atoms with Gasteiger partial charge in [0.15, 0.2) is 5.78 Å². The molecule has 5 nitrogen and oxygen atoms in total. The lowest BCUT2D eigenvalue weighted by atomic mass is 10.0. The maximum absolute atomic E-state index is 12.8. The number of allylic oxidation sites excluding steroid dienone is 1. The van der Waals surface area contributed by atoms with Gasteiger partial charge in [0.1, 0.15) is 22.7 Å². The fourth-order valence-electron chi connectivity index (χ4n) is 3.00. The molecule has 2 aromatic rings. The Morgan fingerprint density at radius 2 is 1.34 bits per heavy atom. The van der Waals surface area contributed by atoms with Gasteiger partial charge < -0.3 is 14.4 Å². The van der Waals surface area contributed by atoms with Crippen molar-refractivity contribution in [2.45, 2.75) is 59.7 Å². The molecule has 0 fully saturated rings. The number of aryl methyl sites for hydroxylation is 1. The third-order valence-electron chi connectivity index (χ3n) is 4.40. The van der Waals surface area contributed by atoms with Crippen LogP contribution in [0, 0.1) is 6.92 Å². The molecule has 0 saturated carbocycles. The first-order chi connectivity index (χ1) is 14.7. The second kappa shape index (κ2) is 9.60. The predicted octanol–water partition coefficient (Wildman–Crippen LogP) is 5.95. The molecule has 0 atom stereocenters. The summed E-state index contributed by atoms with van der Waals surface area (Å²) in [6.07, 6.45) is 3.26. The van der Waals surface area contributed by atoms with Crippen LogP contribution in [0.15, 0.2) is 42.5 Å². The van der Waals surface area contributed by atoms with Crippen LogP contribution in [0.2, 0.25) is 0 Å². The molecule has 2 rings (SSSR count). The van der Waals surface area contributed by atoms with Crippen LogP contribution < -0.4 is 9.47 Å². The maximum atomic E-state index is 12.8. The normalized spacial score (nSPS) is 12.0. The average Bonchev–Trinajstić information content (AvgIpc) is 2.67. The van der Waals surface area contributed by atoms with Gasteiger partial charge in [-0.3, -0.25) is 9.59 Å². The summed E-state index contributed by atoms with van der Waals surface area (Å²) in [6, 6.07) is 10.5. The number of ketones is 1. The number of nitrogens with zero attached hydrogens (tertiary/aromatic N) is 1. The summed E-state index contributed by atoms with van der Waals surface area (Å²) in [7, 11) is 3.39. The highest BCUT2D eigenvalue weighted by Gasteiger charge is 2.21. The molecule has 0 bridgehead atoms. The molecule has 0 heterocycles. The van der Waals surface area contributed by atoms with Crippen molar-refractivity contribution in [3.8, 4) is 11.5 Å². The maximum Gasteiger partial charge on any atom is 0.253 e. The Labute approximate surface area is 192 Å². The highest BCUT2D eigenvalue weighted by molar-refractivity contribution is 6.07. The minimum absolute atomic E-state index is 0.104. The standard InChI is InChI=1S/C27H35NO4/c1-18-10-17-23(31-26(2,3)4)21(24(18)32-27(5,6)7)15-16-22(29)19-11-13-20(14-12-19)25(30)28(8)9/h10-17H,1-9H3. The van der Waals surface area contributed by atoms with Crippen LogP contribution in [0.3, 0.4) is 0 Å². The lowest BCUT2D eigenvalue weighted by Crippen LogP contribution is -2.25. The lowest BCUT2D eigenvalue weighted by Gasteiger charge is -2.27. The molecular formula is C27H35NO4. The van der Waals surface area contributed by atoms with Gasteiger partial charge in [-0.15, -0.1) is 0 Å². The van der Waals surface area contributed by atoms with Crippen LogP contribution in [0.25, 0.3) is 6.08 Å². The second-order valence-corrected chi connectivity index (χ2v) is 10.0. The summed E-state index contributed by atoms with van der Waals surface area (Å²) in [4.78, 5) is 26.4. The van der Waals surface area contributed by atoms with Gasteiger partial charge in [-0.05, 0) is 84.4 Å². The summed E-state index contributed by atoms with van der Waals surface area (Å²) < 4.78 is 12.4. The molecular weight excluding hydrogens is 402 g/mol. The van der Waals surface area contributed by atoms with E-state index in [1.807, 2.05) is 60.6 Å². The molecule has 32 heavy (non-hydrogen) atoms. The number of hydrogen-bond acceptors (Lipinski definition) is 4. The van der Waals surface area contributed by atoms with Crippen molar-refractivity contribution in [1.82, 2.24) is 4.90 Å². The van der Waals surface area contributed by atoms with Crippen LogP contribution in [-0.4, -0.2) is 41.9 Å². The highest BCUT2D eigenvalue weighted by atomic mass is 16.5. The summed E-state index contributed by atoms with van der Waals surface area (Å²) >= 11 is 0. The van der Waals surface area contributed by atoms with Crippen molar-refractivity contribution in [1.29, 1.82) is 0 Å². The third kappa shape index (κ3) is 6.98. The van der Waals surface area contributed by atoms with Crippen molar-refractivity contribution in [3.63, 3.8) is 0 Å². The molecule has 0 unspecified atom stereocenters. The van der Waals surface area contributed by atoms with Gasteiger partial charge in [0.25, 0.3) is 5.91 Å². The summed E-state index contributed by atoms with van der Waals surface area (Å²) in [6.45, 7) is 13.9. The Hall–Kier alpha value is -3.08. The van der Waals surface area contributed by atoms with E-state index in [1.165, 1.54) is 11.0 Å². The molecule has 172 valence electrons. The average molecular weight is 438 g/mol. The number of carbonyl (C=O) groups is 2. The number of rotatable bonds is 6. The summed E-state index contributed by atoms with van der Waals surface area (Å²) in [5, 5.41) is 0. The monoisotopic (exact) mass is 437 g/mol. The fourth-order valence-corrected chi connectivity index (χ4v) is 3.00. The van der Waals surface area contributed by atoms with Gasteiger partial charge in [0.05, 0.1) is 5.56 Å². The highest BCUT2D eigenvalue weighted by Crippen LogP contribution is 2.37. The van der Waals surface area contributed by atoms with Crippen molar-refractivity contribution >= 4 is 17.8 Å². The number of benzene rings is 2. The Morgan fingerprint density at radius 1 is 0.812 bits per heavy atom. The van der Waals surface area contributed by atoms with E-state index in [1.54, 1.807) is 44.4 Å². The molecule has 0 aromatic heterocycles. The van der Waals surface area contributed by atoms with Crippen LogP contribution >= 0.6 is 0 Å². The first-order valence-electron chi connectivity index (χ1n) is 10.7. The van der Waals surface area contributed by atoms with E-state index in [2.05, 4.69) is 0 Å². The first-order valence-corrected chi connectivity index (χ1v) is 10.7. The number of ether oxygens (including phenoxy) is 2. The quantitative estimate of drug-likeness (QED) is 0.414. The second-order valence-electron chi connectivity index (χ2n) is 10.0. The summed E-state index contributed by atoms with van der Waals surface area (Å²) in [5.74, 6) is 1.07. The molecule has 1 amide bonds. The molecule has 2 aromatic carbocycles. The minimum atomic E-state index is -0.410. The van der Waals surface area contributed by atoms with Gasteiger partial charge >= 0.3 is 0 Å². The van der Waals surface area contributed by atoms with Gasteiger partial charge in [-0.1, -0.05) is 18.2 Å². The van der Waals surface area contributed by atoms with Gasteiger partial charge in [-0.25, -0.2) is 0 Å². The topological polar surface area (TPSA) is 55.8 Å². The Balaban J connectivity index is 2.43. The van der Waals surface area contributed by atoms with Crippen molar-refractivity contribution in [2.24, 2.45) is 0 Å². The van der Waals surface area contributed by atoms with Gasteiger partial charge in [0.2, 0.25) is 0 Å². The Morgan fingerprint density at radius 3 is 1.84 bits per heavy atom. The molecule has 0 aliphatic heterocycles. The fraction of sp³-hybridized carbons (Fsp3) is 0.407. The van der Waals surface area contributed by atoms with Crippen LogP contribution in [0.1, 0.15) is 73.4 Å². The van der Waals surface area contributed by atoms with Crippen molar-refractivity contribution in [2.75, 3.05) is 14.1 Å². The third-order valence-corrected chi connectivity index (χ3v) is 4.40. The van der Waals surface area contributed by atoms with E-state index in [0.29, 0.717) is 22.6 Å². The molecule has 0 aliphatic rings. The minimum Gasteiger partial charge on any atom is -0.487 e. The predicted molar refractivity (Wildman–Crippen MR) is 130 cm³/mol. The molecule has 0 spiro atoms. The summed E-state index contributed by atoms with van der Waals surface area (Å²) in [5.41, 5.74) is 1.90. The molecule has 0 aliphatic carbocycles. The zero-order valence-corrected chi connectivity index (χ0v) is 20.7. The molecule has 5 heteroatoms. The molecule has 0 saturated heterocycles. The van der Waals surface area contributed by atoms with E-state index in [9.17, 15) is 9.59 Å². The van der Waals surface area contributed by atoms with Crippen LogP contribution in [-0.2, 0) is 0 Å². The SMILES string of the molecule is Cc1ccc(OC(C)(C)C)c(C=CC(=O)c2ccc(C(=O)N(C)C)cc2)c1OC(C)(C)C. The zero-order chi connectivity index (χ0) is 24.3. The van der Waals surface area contributed by atoms with Crippen LogP contribution in [0.4, 0.5) is 0 Å². The number of hydrogen-bond donors (Lipinski definition) is 0. The van der Waals surface area contributed by atoms with Gasteiger partial charge in [0, 0.05) is 25.2 Å². The molecule has 0 radical (unpaired) electrons. The van der Waals surface area contributed by atoms with Gasteiger partial charge in [-0.2, -0.15) is 0 Å². The largest absolute Gasteiger partial charge is 0.487 e. The van der Waals surface area contributed by atoms with E-state index in [4.69, 9.17) is 9.47 Å². The smallest absolute Gasteiger partial charge is 0.253 e. The van der Waals surface area contributed by atoms with Crippen LogP contribution in [0.5, 0.6) is 11.5 Å². The first kappa shape index (κ1) is 25.2. The molecule has 0 N–H and O–H groups in total. The van der Waals surface area contributed by atoms with Crippen molar-refractivity contribution in [3.05, 3.63) is 64.7 Å².